The van der Waals surface area contributed by atoms with Crippen LogP contribution in [0.2, 0.25) is 0 Å². The van der Waals surface area contributed by atoms with Gasteiger partial charge in [0.1, 0.15) is 5.69 Å². The van der Waals surface area contributed by atoms with Gasteiger partial charge >= 0.3 is 0 Å². The average Bonchev–Trinajstić information content (AvgIpc) is 3.42. The predicted octanol–water partition coefficient (Wildman–Crippen LogP) is 4.08. The van der Waals surface area contributed by atoms with Gasteiger partial charge in [-0.15, -0.1) is 11.3 Å². The Balaban J connectivity index is 1.66. The highest BCUT2D eigenvalue weighted by Gasteiger charge is 2.38. The van der Waals surface area contributed by atoms with Gasteiger partial charge in [-0.25, -0.2) is 9.97 Å². The van der Waals surface area contributed by atoms with E-state index in [1.165, 1.54) is 12.0 Å². The largest absolute Gasteiger partial charge is 0.442 e. The van der Waals surface area contributed by atoms with Crippen molar-refractivity contribution < 1.29 is 4.42 Å². The van der Waals surface area contributed by atoms with Gasteiger partial charge in [-0.05, 0) is 5.56 Å². The van der Waals surface area contributed by atoms with E-state index in [-0.39, 0.29) is 5.41 Å². The smallest absolute Gasteiger partial charge is 0.181 e. The molecule has 122 valence electrons. The Labute approximate surface area is 148 Å². The lowest BCUT2D eigenvalue weighted by Crippen LogP contribution is -2.30. The van der Waals surface area contributed by atoms with Crippen molar-refractivity contribution in [1.29, 1.82) is 0 Å². The van der Waals surface area contributed by atoms with Crippen molar-refractivity contribution in [3.8, 4) is 11.5 Å². The van der Waals surface area contributed by atoms with E-state index in [9.17, 15) is 0 Å². The van der Waals surface area contributed by atoms with Crippen molar-refractivity contribution >= 4 is 17.4 Å². The molecule has 0 bridgehead atoms. The number of nitrogens with one attached hydrogen (secondary N) is 1. The third-order valence-corrected chi connectivity index (χ3v) is 5.30. The summed E-state index contributed by atoms with van der Waals surface area (Å²) in [5.41, 5.74) is 6.79. The SMILES string of the molecule is C1=CC(c2ccccc2)(c2cscn2)Cc2[nH]nc(-c3cnco3)c21. The van der Waals surface area contributed by atoms with Crippen molar-refractivity contribution in [1.82, 2.24) is 20.2 Å². The van der Waals surface area contributed by atoms with Gasteiger partial charge in [-0.2, -0.15) is 5.10 Å². The van der Waals surface area contributed by atoms with Crippen molar-refractivity contribution in [2.75, 3.05) is 0 Å². The van der Waals surface area contributed by atoms with E-state index in [1.54, 1.807) is 17.5 Å². The Morgan fingerprint density at radius 3 is 2.88 bits per heavy atom. The molecule has 25 heavy (non-hydrogen) atoms. The third kappa shape index (κ3) is 2.18. The molecule has 0 saturated carbocycles. The molecule has 1 aromatic carbocycles. The summed E-state index contributed by atoms with van der Waals surface area (Å²) in [7, 11) is 0. The normalized spacial score (nSPS) is 19.0. The van der Waals surface area contributed by atoms with Crippen LogP contribution in [0.15, 0.2) is 64.3 Å². The maximum absolute atomic E-state index is 5.41. The highest BCUT2D eigenvalue weighted by Crippen LogP contribution is 2.42. The molecule has 0 saturated heterocycles. The molecule has 1 aliphatic carbocycles. The van der Waals surface area contributed by atoms with E-state index in [4.69, 9.17) is 4.42 Å². The van der Waals surface area contributed by atoms with E-state index in [1.807, 2.05) is 11.6 Å². The number of thiazole rings is 1. The summed E-state index contributed by atoms with van der Waals surface area (Å²) >= 11 is 1.62. The van der Waals surface area contributed by atoms with Crippen LogP contribution in [0.25, 0.3) is 17.5 Å². The fourth-order valence-corrected chi connectivity index (χ4v) is 4.11. The topological polar surface area (TPSA) is 67.6 Å². The summed E-state index contributed by atoms with van der Waals surface area (Å²) in [6, 6.07) is 10.5. The summed E-state index contributed by atoms with van der Waals surface area (Å²) in [6.07, 6.45) is 8.23. The minimum absolute atomic E-state index is 0.292. The van der Waals surface area contributed by atoms with E-state index < -0.39 is 0 Å². The molecule has 5 nitrogen and oxygen atoms in total. The van der Waals surface area contributed by atoms with Crippen LogP contribution in [0.3, 0.4) is 0 Å². The number of hydrogen-bond donors (Lipinski definition) is 1. The lowest BCUT2D eigenvalue weighted by atomic mass is 9.71. The minimum Gasteiger partial charge on any atom is -0.442 e. The predicted molar refractivity (Wildman–Crippen MR) is 96.2 cm³/mol. The van der Waals surface area contributed by atoms with Gasteiger partial charge in [0, 0.05) is 23.1 Å². The molecule has 0 amide bonds. The molecule has 3 heterocycles. The molecule has 0 fully saturated rings. The molecular weight excluding hydrogens is 332 g/mol. The van der Waals surface area contributed by atoms with E-state index >= 15 is 0 Å². The molecule has 5 rings (SSSR count). The van der Waals surface area contributed by atoms with Crippen molar-refractivity contribution in [2.24, 2.45) is 0 Å². The zero-order chi connectivity index (χ0) is 16.7. The molecular formula is C19H14N4OS. The summed E-state index contributed by atoms with van der Waals surface area (Å²) in [4.78, 5) is 8.61. The van der Waals surface area contributed by atoms with Gasteiger partial charge < -0.3 is 4.42 Å². The second-order valence-electron chi connectivity index (χ2n) is 6.05. The summed E-state index contributed by atoms with van der Waals surface area (Å²) in [6.45, 7) is 0. The van der Waals surface area contributed by atoms with Crippen LogP contribution in [-0.4, -0.2) is 20.2 Å². The fraction of sp³-hybridized carbons (Fsp3) is 0.105. The fourth-order valence-electron chi connectivity index (χ4n) is 3.48. The zero-order valence-electron chi connectivity index (χ0n) is 13.2. The lowest BCUT2D eigenvalue weighted by molar-refractivity contribution is 0.569. The Hall–Kier alpha value is -2.99. The van der Waals surface area contributed by atoms with Gasteiger partial charge in [0.15, 0.2) is 12.2 Å². The minimum atomic E-state index is -0.292. The molecule has 6 heteroatoms. The number of rotatable bonds is 3. The number of oxazole rings is 1. The number of H-pyrrole nitrogens is 1. The van der Waals surface area contributed by atoms with Gasteiger partial charge in [-0.3, -0.25) is 5.10 Å². The van der Waals surface area contributed by atoms with Crippen LogP contribution in [0.1, 0.15) is 22.5 Å². The zero-order valence-corrected chi connectivity index (χ0v) is 14.0. The monoisotopic (exact) mass is 346 g/mol. The molecule has 3 aromatic heterocycles. The molecule has 0 radical (unpaired) electrons. The van der Waals surface area contributed by atoms with Gasteiger partial charge in [0.05, 0.1) is 22.8 Å². The molecule has 1 N–H and O–H groups in total. The average molecular weight is 346 g/mol. The van der Waals surface area contributed by atoms with Gasteiger partial charge in [-0.1, -0.05) is 42.5 Å². The molecule has 1 atom stereocenters. The van der Waals surface area contributed by atoms with Crippen molar-refractivity contribution in [2.45, 2.75) is 11.8 Å². The number of nitrogens with zero attached hydrogens (tertiary/aromatic N) is 3. The Bertz CT molecular complexity index is 1020. The van der Waals surface area contributed by atoms with Crippen molar-refractivity contribution in [3.05, 3.63) is 82.4 Å². The van der Waals surface area contributed by atoms with Crippen LogP contribution in [0, 0.1) is 0 Å². The first kappa shape index (κ1) is 14.4. The standard InChI is InChI=1S/C19H14N4OS/c1-2-4-13(5-3-1)19(17-10-25-12-21-17)7-6-14-15(8-19)22-23-18(14)16-9-20-11-24-16/h1-7,9-12H,8H2,(H,22,23). The second-order valence-corrected chi connectivity index (χ2v) is 6.77. The Morgan fingerprint density at radius 2 is 2.12 bits per heavy atom. The number of aromatic amines is 1. The first-order valence-electron chi connectivity index (χ1n) is 7.96. The van der Waals surface area contributed by atoms with E-state index in [2.05, 4.69) is 62.0 Å². The molecule has 1 unspecified atom stereocenters. The molecule has 0 spiro atoms. The molecule has 1 aliphatic rings. The number of aromatic nitrogens is 4. The highest BCUT2D eigenvalue weighted by atomic mass is 32.1. The summed E-state index contributed by atoms with van der Waals surface area (Å²) in [5, 5.41) is 9.76. The van der Waals surface area contributed by atoms with Gasteiger partial charge in [0.2, 0.25) is 0 Å². The van der Waals surface area contributed by atoms with Gasteiger partial charge in [0.25, 0.3) is 0 Å². The van der Waals surface area contributed by atoms with Crippen LogP contribution in [-0.2, 0) is 11.8 Å². The van der Waals surface area contributed by atoms with E-state index in [0.29, 0.717) is 5.76 Å². The van der Waals surface area contributed by atoms with E-state index in [0.717, 1.165) is 29.1 Å². The summed E-state index contributed by atoms with van der Waals surface area (Å²) < 4.78 is 5.41. The quantitative estimate of drug-likeness (QED) is 0.607. The maximum Gasteiger partial charge on any atom is 0.181 e. The number of benzene rings is 1. The first-order chi connectivity index (χ1) is 12.4. The Kier molecular flexibility index (Phi) is 3.18. The van der Waals surface area contributed by atoms with Crippen LogP contribution < -0.4 is 0 Å². The summed E-state index contributed by atoms with van der Waals surface area (Å²) in [5.74, 6) is 0.669. The highest BCUT2D eigenvalue weighted by molar-refractivity contribution is 7.07. The number of allylic oxidation sites excluding steroid dienone is 1. The van der Waals surface area contributed by atoms with Crippen LogP contribution in [0.5, 0.6) is 0 Å². The second kappa shape index (κ2) is 5.53. The number of fused-ring (bicyclic) bond motifs is 1. The van der Waals surface area contributed by atoms with Crippen LogP contribution >= 0.6 is 11.3 Å². The third-order valence-electron chi connectivity index (χ3n) is 4.72. The van der Waals surface area contributed by atoms with Crippen molar-refractivity contribution in [3.63, 3.8) is 0 Å². The van der Waals surface area contributed by atoms with Crippen LogP contribution in [0.4, 0.5) is 0 Å². The molecule has 4 aromatic rings. The first-order valence-corrected chi connectivity index (χ1v) is 8.91. The maximum atomic E-state index is 5.41. The Morgan fingerprint density at radius 1 is 1.20 bits per heavy atom. The molecule has 0 aliphatic heterocycles. The lowest BCUT2D eigenvalue weighted by Gasteiger charge is -2.32. The number of hydrogen-bond acceptors (Lipinski definition) is 5.